The maximum Gasteiger partial charge on any atom is 0.251 e. The zero-order valence-corrected chi connectivity index (χ0v) is 16.4. The molecule has 0 saturated carbocycles. The number of hydrogen-bond acceptors (Lipinski definition) is 6. The number of nitrogens with zero attached hydrogens (tertiary/aromatic N) is 3. The van der Waals surface area contributed by atoms with Gasteiger partial charge in [0.2, 0.25) is 15.9 Å². The Balaban J connectivity index is 1.98. The molecule has 1 aromatic heterocycles. The number of hydrogen-bond donors (Lipinski definition) is 1. The van der Waals surface area contributed by atoms with Gasteiger partial charge in [-0.1, -0.05) is 5.16 Å². The van der Waals surface area contributed by atoms with Crippen molar-refractivity contribution in [3.05, 3.63) is 41.7 Å². The van der Waals surface area contributed by atoms with Gasteiger partial charge in [0.15, 0.2) is 5.82 Å². The molecule has 2 amide bonds. The molecule has 9 nitrogen and oxygen atoms in total. The molecule has 0 fully saturated rings. The summed E-state index contributed by atoms with van der Waals surface area (Å²) in [5.74, 6) is 0.361. The van der Waals surface area contributed by atoms with Gasteiger partial charge in [-0.25, -0.2) is 12.7 Å². The van der Waals surface area contributed by atoms with E-state index in [0.717, 1.165) is 4.31 Å². The summed E-state index contributed by atoms with van der Waals surface area (Å²) in [4.78, 5) is 25.5. The Labute approximate surface area is 158 Å². The van der Waals surface area contributed by atoms with Crippen LogP contribution < -0.4 is 10.2 Å². The van der Waals surface area contributed by atoms with Crippen LogP contribution in [0.2, 0.25) is 0 Å². The minimum Gasteiger partial charge on any atom is -0.360 e. The average molecular weight is 394 g/mol. The van der Waals surface area contributed by atoms with Crippen LogP contribution in [0.3, 0.4) is 0 Å². The summed E-state index contributed by atoms with van der Waals surface area (Å²) in [7, 11) is -0.669. The van der Waals surface area contributed by atoms with Crippen molar-refractivity contribution >= 4 is 27.7 Å². The summed E-state index contributed by atoms with van der Waals surface area (Å²) in [5, 5.41) is 6.49. The molecule has 0 atom stereocenters. The van der Waals surface area contributed by atoms with Crippen LogP contribution in [-0.2, 0) is 14.8 Å². The molecule has 1 aromatic carbocycles. The molecule has 0 radical (unpaired) electrons. The number of benzene rings is 1. The number of anilines is 1. The molecule has 0 aliphatic rings. The third kappa shape index (κ3) is 4.92. The average Bonchev–Trinajstić information content (AvgIpc) is 3.04. The summed E-state index contributed by atoms with van der Waals surface area (Å²) >= 11 is 0. The van der Waals surface area contributed by atoms with E-state index < -0.39 is 10.0 Å². The number of sulfonamides is 1. The summed E-state index contributed by atoms with van der Waals surface area (Å²) in [6.45, 7) is 3.54. The Morgan fingerprint density at radius 3 is 2.30 bits per heavy atom. The number of nitrogens with one attached hydrogen (secondary N) is 1. The van der Waals surface area contributed by atoms with Crippen LogP contribution in [0.4, 0.5) is 5.82 Å². The first-order valence-corrected chi connectivity index (χ1v) is 9.59. The first-order chi connectivity index (χ1) is 12.6. The van der Waals surface area contributed by atoms with E-state index in [1.807, 2.05) is 0 Å². The van der Waals surface area contributed by atoms with Crippen LogP contribution in [0.5, 0.6) is 0 Å². The fourth-order valence-corrected chi connectivity index (χ4v) is 3.19. The standard InChI is InChI=1S/C17H22N4O5S/c1-12-11-16(19-26-12)21(13(2)22)10-9-18-17(23)14-5-7-15(8-6-14)27(24,25)20(3)4/h5-8,11H,9-10H2,1-4H3,(H,18,23). The molecule has 1 heterocycles. The van der Waals surface area contributed by atoms with Gasteiger partial charge in [0.25, 0.3) is 5.91 Å². The number of aromatic nitrogens is 1. The fraction of sp³-hybridized carbons (Fsp3) is 0.353. The molecule has 10 heteroatoms. The van der Waals surface area contributed by atoms with Gasteiger partial charge in [0.1, 0.15) is 5.76 Å². The lowest BCUT2D eigenvalue weighted by Gasteiger charge is -2.17. The molecule has 1 N–H and O–H groups in total. The highest BCUT2D eigenvalue weighted by Crippen LogP contribution is 2.15. The normalized spacial score (nSPS) is 11.4. The van der Waals surface area contributed by atoms with Crippen LogP contribution in [0.1, 0.15) is 23.0 Å². The third-order valence-electron chi connectivity index (χ3n) is 3.79. The largest absolute Gasteiger partial charge is 0.360 e. The first-order valence-electron chi connectivity index (χ1n) is 8.15. The quantitative estimate of drug-likeness (QED) is 0.750. The number of carbonyl (C=O) groups excluding carboxylic acids is 2. The molecule has 146 valence electrons. The van der Waals surface area contributed by atoms with Crippen molar-refractivity contribution in [3.8, 4) is 0 Å². The van der Waals surface area contributed by atoms with Crippen LogP contribution in [0.25, 0.3) is 0 Å². The van der Waals surface area contributed by atoms with E-state index in [9.17, 15) is 18.0 Å². The summed E-state index contributed by atoms with van der Waals surface area (Å²) in [5.41, 5.74) is 0.319. The van der Waals surface area contributed by atoms with Gasteiger partial charge < -0.3 is 9.84 Å². The highest BCUT2D eigenvalue weighted by Gasteiger charge is 2.18. The van der Waals surface area contributed by atoms with Crippen molar-refractivity contribution in [3.63, 3.8) is 0 Å². The SMILES string of the molecule is CC(=O)N(CCNC(=O)c1ccc(S(=O)(=O)N(C)C)cc1)c1cc(C)on1. The van der Waals surface area contributed by atoms with E-state index in [-0.39, 0.29) is 29.8 Å². The van der Waals surface area contributed by atoms with Crippen molar-refractivity contribution in [2.75, 3.05) is 32.1 Å². The molecule has 0 spiro atoms. The predicted molar refractivity (Wildman–Crippen MR) is 98.9 cm³/mol. The topological polar surface area (TPSA) is 113 Å². The van der Waals surface area contributed by atoms with Crippen LogP contribution in [-0.4, -0.2) is 56.9 Å². The number of amides is 2. The zero-order valence-electron chi connectivity index (χ0n) is 15.6. The Morgan fingerprint density at radius 2 is 1.81 bits per heavy atom. The second-order valence-corrected chi connectivity index (χ2v) is 8.19. The Kier molecular flexibility index (Phi) is 6.34. The van der Waals surface area contributed by atoms with Gasteiger partial charge in [-0.2, -0.15) is 0 Å². The van der Waals surface area contributed by atoms with Gasteiger partial charge in [0, 0.05) is 45.7 Å². The molecule has 0 aliphatic carbocycles. The lowest BCUT2D eigenvalue weighted by molar-refractivity contribution is -0.116. The van der Waals surface area contributed by atoms with E-state index in [1.165, 1.54) is 50.2 Å². The lowest BCUT2D eigenvalue weighted by Crippen LogP contribution is -2.37. The van der Waals surface area contributed by atoms with E-state index >= 15 is 0 Å². The molecule has 0 unspecified atom stereocenters. The zero-order chi connectivity index (χ0) is 20.2. The number of carbonyl (C=O) groups is 2. The Bertz CT molecular complexity index is 919. The lowest BCUT2D eigenvalue weighted by atomic mass is 10.2. The molecular formula is C17H22N4O5S. The minimum absolute atomic E-state index is 0.105. The number of aryl methyl sites for hydroxylation is 1. The van der Waals surface area contributed by atoms with Crippen LogP contribution in [0, 0.1) is 6.92 Å². The predicted octanol–water partition coefficient (Wildman–Crippen LogP) is 1.02. The molecule has 2 rings (SSSR count). The second kappa shape index (κ2) is 8.31. The van der Waals surface area contributed by atoms with Crippen molar-refractivity contribution < 1.29 is 22.5 Å². The highest BCUT2D eigenvalue weighted by molar-refractivity contribution is 7.89. The van der Waals surface area contributed by atoms with Gasteiger partial charge in [-0.15, -0.1) is 0 Å². The smallest absolute Gasteiger partial charge is 0.251 e. The summed E-state index contributed by atoms with van der Waals surface area (Å²) < 4.78 is 30.1. The number of rotatable bonds is 7. The summed E-state index contributed by atoms with van der Waals surface area (Å²) in [6.07, 6.45) is 0. The first kappa shape index (κ1) is 20.6. The Hall–Kier alpha value is -2.72. The van der Waals surface area contributed by atoms with Gasteiger partial charge in [0.05, 0.1) is 4.90 Å². The van der Waals surface area contributed by atoms with Crippen LogP contribution in [0.15, 0.2) is 39.8 Å². The van der Waals surface area contributed by atoms with Crippen LogP contribution >= 0.6 is 0 Å². The molecular weight excluding hydrogens is 372 g/mol. The monoisotopic (exact) mass is 394 g/mol. The highest BCUT2D eigenvalue weighted by atomic mass is 32.2. The molecule has 0 saturated heterocycles. The maximum atomic E-state index is 12.2. The van der Waals surface area contributed by atoms with Crippen molar-refractivity contribution in [1.82, 2.24) is 14.8 Å². The minimum atomic E-state index is -3.54. The van der Waals surface area contributed by atoms with E-state index in [4.69, 9.17) is 4.52 Å². The third-order valence-corrected chi connectivity index (χ3v) is 5.62. The molecule has 0 aliphatic heterocycles. The van der Waals surface area contributed by atoms with Crippen molar-refractivity contribution in [2.45, 2.75) is 18.7 Å². The molecule has 2 aromatic rings. The Morgan fingerprint density at radius 1 is 1.19 bits per heavy atom. The molecule has 27 heavy (non-hydrogen) atoms. The van der Waals surface area contributed by atoms with Crippen molar-refractivity contribution in [1.29, 1.82) is 0 Å². The van der Waals surface area contributed by atoms with E-state index in [1.54, 1.807) is 13.0 Å². The van der Waals surface area contributed by atoms with E-state index in [0.29, 0.717) is 17.1 Å². The van der Waals surface area contributed by atoms with Gasteiger partial charge in [-0.05, 0) is 31.2 Å². The van der Waals surface area contributed by atoms with Crippen molar-refractivity contribution in [2.24, 2.45) is 0 Å². The summed E-state index contributed by atoms with van der Waals surface area (Å²) in [6, 6.07) is 7.27. The van der Waals surface area contributed by atoms with Gasteiger partial charge >= 0.3 is 0 Å². The second-order valence-electron chi connectivity index (χ2n) is 6.03. The molecule has 0 bridgehead atoms. The maximum absolute atomic E-state index is 12.2. The van der Waals surface area contributed by atoms with Gasteiger partial charge in [-0.3, -0.25) is 14.5 Å². The van der Waals surface area contributed by atoms with E-state index in [2.05, 4.69) is 10.5 Å². The fourth-order valence-electron chi connectivity index (χ4n) is 2.29.